The van der Waals surface area contributed by atoms with Gasteiger partial charge in [0, 0.05) is 18.2 Å². The maximum Gasteiger partial charge on any atom is 0.158 e. The van der Waals surface area contributed by atoms with Crippen LogP contribution in [-0.2, 0) is 6.42 Å². The first-order valence-electron chi connectivity index (χ1n) is 6.95. The smallest absolute Gasteiger partial charge is 0.158 e. The van der Waals surface area contributed by atoms with Crippen molar-refractivity contribution in [3.05, 3.63) is 24.2 Å². The van der Waals surface area contributed by atoms with Crippen LogP contribution in [0.25, 0.3) is 5.65 Å². The summed E-state index contributed by atoms with van der Waals surface area (Å²) in [6, 6.07) is 0.645. The van der Waals surface area contributed by atoms with Crippen molar-refractivity contribution in [1.82, 2.24) is 19.5 Å². The van der Waals surface area contributed by atoms with Crippen LogP contribution in [0.3, 0.4) is 0 Å². The summed E-state index contributed by atoms with van der Waals surface area (Å²) in [6.07, 6.45) is 7.78. The molecule has 1 aliphatic rings. The van der Waals surface area contributed by atoms with Crippen molar-refractivity contribution in [1.29, 1.82) is 0 Å². The second kappa shape index (κ2) is 4.81. The predicted molar refractivity (Wildman–Crippen MR) is 75.9 cm³/mol. The summed E-state index contributed by atoms with van der Waals surface area (Å²) in [5.74, 6) is 0.717. The van der Waals surface area contributed by atoms with Gasteiger partial charge in [0.05, 0.1) is 24.3 Å². The third-order valence-corrected chi connectivity index (χ3v) is 4.01. The Morgan fingerprint density at radius 3 is 3.00 bits per heavy atom. The van der Waals surface area contributed by atoms with Gasteiger partial charge in [-0.25, -0.2) is 9.50 Å². The Hall–Kier alpha value is -1.62. The average molecular weight is 259 g/mol. The molecule has 5 heteroatoms. The quantitative estimate of drug-likeness (QED) is 0.909. The molecule has 0 aliphatic carbocycles. The molecule has 2 aromatic heterocycles. The van der Waals surface area contributed by atoms with Crippen LogP contribution in [-0.4, -0.2) is 38.6 Å². The van der Waals surface area contributed by atoms with Gasteiger partial charge in [-0.3, -0.25) is 0 Å². The van der Waals surface area contributed by atoms with Gasteiger partial charge in [-0.05, 0) is 39.2 Å². The molecule has 0 radical (unpaired) electrons. The van der Waals surface area contributed by atoms with Crippen LogP contribution in [0.5, 0.6) is 0 Å². The second-order valence-electron chi connectivity index (χ2n) is 5.77. The molecule has 0 aromatic carbocycles. The number of fused-ring (bicyclic) bond motifs is 1. The van der Waals surface area contributed by atoms with Crippen LogP contribution >= 0.6 is 0 Å². The van der Waals surface area contributed by atoms with E-state index in [0.29, 0.717) is 11.7 Å². The van der Waals surface area contributed by atoms with E-state index in [2.05, 4.69) is 28.8 Å². The third-order valence-electron chi connectivity index (χ3n) is 4.01. The first-order chi connectivity index (χ1) is 9.13. The Balaban J connectivity index is 1.76. The van der Waals surface area contributed by atoms with Gasteiger partial charge in [0.25, 0.3) is 0 Å². The predicted octanol–water partition coefficient (Wildman–Crippen LogP) is 1.58. The van der Waals surface area contributed by atoms with Crippen LogP contribution in [0.2, 0.25) is 0 Å². The van der Waals surface area contributed by atoms with E-state index in [1.807, 2.05) is 12.4 Å². The Morgan fingerprint density at radius 1 is 1.42 bits per heavy atom. The van der Waals surface area contributed by atoms with E-state index >= 15 is 0 Å². The molecule has 0 bridgehead atoms. The van der Waals surface area contributed by atoms with Gasteiger partial charge in [-0.15, -0.1) is 0 Å². The molecule has 1 fully saturated rings. The molecule has 3 heterocycles. The minimum Gasteiger partial charge on any atom is -0.396 e. The highest BCUT2D eigenvalue weighted by Gasteiger charge is 2.25. The number of aromatic nitrogens is 3. The zero-order chi connectivity index (χ0) is 13.4. The molecular formula is C14H21N5. The minimum atomic E-state index is 0.645. The number of hydrogen-bond acceptors (Lipinski definition) is 4. The molecule has 0 amide bonds. The summed E-state index contributed by atoms with van der Waals surface area (Å²) in [6.45, 7) is 6.93. The molecule has 2 N–H and O–H groups in total. The Morgan fingerprint density at radius 2 is 2.26 bits per heavy atom. The van der Waals surface area contributed by atoms with Gasteiger partial charge in [0.1, 0.15) is 0 Å². The van der Waals surface area contributed by atoms with Crippen molar-refractivity contribution in [2.75, 3.05) is 18.8 Å². The van der Waals surface area contributed by atoms with Crippen molar-refractivity contribution in [2.24, 2.45) is 5.92 Å². The Bertz CT molecular complexity index is 574. The van der Waals surface area contributed by atoms with Crippen molar-refractivity contribution in [2.45, 2.75) is 32.7 Å². The molecule has 5 nitrogen and oxygen atoms in total. The van der Waals surface area contributed by atoms with Crippen molar-refractivity contribution < 1.29 is 0 Å². The van der Waals surface area contributed by atoms with Gasteiger partial charge in [-0.1, -0.05) is 0 Å². The molecule has 1 unspecified atom stereocenters. The Labute approximate surface area is 113 Å². The van der Waals surface area contributed by atoms with Crippen LogP contribution < -0.4 is 5.73 Å². The highest BCUT2D eigenvalue weighted by atomic mass is 15.2. The summed E-state index contributed by atoms with van der Waals surface area (Å²) >= 11 is 0. The molecule has 102 valence electrons. The maximum absolute atomic E-state index is 5.72. The van der Waals surface area contributed by atoms with Gasteiger partial charge >= 0.3 is 0 Å². The van der Waals surface area contributed by atoms with Crippen LogP contribution in [0.4, 0.5) is 5.69 Å². The number of rotatable bonds is 3. The first-order valence-corrected chi connectivity index (χ1v) is 6.95. The summed E-state index contributed by atoms with van der Waals surface area (Å²) < 4.78 is 1.78. The first kappa shape index (κ1) is 12.4. The van der Waals surface area contributed by atoms with Gasteiger partial charge in [0.2, 0.25) is 0 Å². The molecule has 0 spiro atoms. The number of hydrogen-bond donors (Lipinski definition) is 1. The third kappa shape index (κ3) is 2.42. The largest absolute Gasteiger partial charge is 0.396 e. The SMILES string of the molecule is CC(C)N1CCC(Cc2cnn3cc(N)cnc23)C1. The summed E-state index contributed by atoms with van der Waals surface area (Å²) in [5.41, 5.74) is 8.54. The zero-order valence-corrected chi connectivity index (χ0v) is 11.6. The van der Waals surface area contributed by atoms with Crippen LogP contribution in [0, 0.1) is 5.92 Å². The standard InChI is InChI=1S/C14H21N5/c1-10(2)18-4-3-11(8-18)5-12-6-17-19-9-13(15)7-16-14(12)19/h6-7,9-11H,3-5,8,15H2,1-2H3. The molecule has 19 heavy (non-hydrogen) atoms. The summed E-state index contributed by atoms with van der Waals surface area (Å²) in [5, 5.41) is 4.34. The van der Waals surface area contributed by atoms with Crippen molar-refractivity contribution in [3.8, 4) is 0 Å². The second-order valence-corrected chi connectivity index (χ2v) is 5.77. The summed E-state index contributed by atoms with van der Waals surface area (Å²) in [7, 11) is 0. The molecular weight excluding hydrogens is 238 g/mol. The zero-order valence-electron chi connectivity index (χ0n) is 11.6. The fraction of sp³-hybridized carbons (Fsp3) is 0.571. The lowest BCUT2D eigenvalue weighted by Gasteiger charge is -2.20. The highest BCUT2D eigenvalue weighted by Crippen LogP contribution is 2.23. The normalized spacial score (nSPS) is 20.7. The fourth-order valence-corrected chi connectivity index (χ4v) is 2.89. The molecule has 1 aliphatic heterocycles. The van der Waals surface area contributed by atoms with Crippen LogP contribution in [0.15, 0.2) is 18.6 Å². The molecule has 2 aromatic rings. The molecule has 1 saturated heterocycles. The number of nitrogens with two attached hydrogens (primary N) is 1. The lowest BCUT2D eigenvalue weighted by atomic mass is 10.0. The highest BCUT2D eigenvalue weighted by molar-refractivity contribution is 5.49. The van der Waals surface area contributed by atoms with E-state index in [9.17, 15) is 0 Å². The fourth-order valence-electron chi connectivity index (χ4n) is 2.89. The van der Waals surface area contributed by atoms with E-state index in [1.165, 1.54) is 25.1 Å². The Kier molecular flexibility index (Phi) is 3.14. The number of nitrogens with zero attached hydrogens (tertiary/aromatic N) is 4. The minimum absolute atomic E-state index is 0.645. The van der Waals surface area contributed by atoms with E-state index in [1.54, 1.807) is 10.7 Å². The monoisotopic (exact) mass is 259 g/mol. The topological polar surface area (TPSA) is 59.5 Å². The lowest BCUT2D eigenvalue weighted by Crippen LogP contribution is -2.28. The number of nitrogen functional groups attached to an aromatic ring is 1. The number of likely N-dealkylation sites (tertiary alicyclic amines) is 1. The molecule has 1 atom stereocenters. The van der Waals surface area contributed by atoms with Crippen LogP contribution in [0.1, 0.15) is 25.8 Å². The lowest BCUT2D eigenvalue weighted by molar-refractivity contribution is 0.265. The van der Waals surface area contributed by atoms with Crippen molar-refractivity contribution in [3.63, 3.8) is 0 Å². The van der Waals surface area contributed by atoms with E-state index in [-0.39, 0.29) is 0 Å². The number of anilines is 1. The van der Waals surface area contributed by atoms with Gasteiger partial charge in [-0.2, -0.15) is 5.10 Å². The van der Waals surface area contributed by atoms with Crippen molar-refractivity contribution >= 4 is 11.3 Å². The molecule has 0 saturated carbocycles. The molecule has 3 rings (SSSR count). The van der Waals surface area contributed by atoms with E-state index in [4.69, 9.17) is 5.73 Å². The summed E-state index contributed by atoms with van der Waals surface area (Å²) in [4.78, 5) is 6.94. The van der Waals surface area contributed by atoms with E-state index in [0.717, 1.165) is 18.0 Å². The average Bonchev–Trinajstić information content (AvgIpc) is 2.97. The maximum atomic E-state index is 5.72. The van der Waals surface area contributed by atoms with Gasteiger partial charge < -0.3 is 10.6 Å². The van der Waals surface area contributed by atoms with E-state index < -0.39 is 0 Å². The van der Waals surface area contributed by atoms with Gasteiger partial charge in [0.15, 0.2) is 5.65 Å².